The predicted molar refractivity (Wildman–Crippen MR) is 101 cm³/mol. The maximum Gasteiger partial charge on any atom is 0.244 e. The number of carbonyl (C=O) groups excluding carboxylic acids is 1. The zero-order valence-electron chi connectivity index (χ0n) is 14.0. The Bertz CT molecular complexity index is 784. The van der Waals surface area contributed by atoms with Crippen LogP contribution in [-0.4, -0.2) is 17.1 Å². The summed E-state index contributed by atoms with van der Waals surface area (Å²) in [7, 11) is 0. The molecule has 2 unspecified atom stereocenters. The molecule has 4 nitrogen and oxygen atoms in total. The van der Waals surface area contributed by atoms with Crippen molar-refractivity contribution in [2.45, 2.75) is 25.7 Å². The lowest BCUT2D eigenvalue weighted by atomic mass is 9.75. The number of aromatic nitrogens is 1. The number of amides is 1. The van der Waals surface area contributed by atoms with Crippen LogP contribution in [0.2, 0.25) is 5.02 Å². The smallest absolute Gasteiger partial charge is 0.244 e. The number of hydrazone groups is 1. The molecule has 5 heteroatoms. The van der Waals surface area contributed by atoms with Gasteiger partial charge in [-0.3, -0.25) is 9.78 Å². The first-order valence-corrected chi connectivity index (χ1v) is 8.65. The van der Waals surface area contributed by atoms with Crippen molar-refractivity contribution >= 4 is 23.7 Å². The quantitative estimate of drug-likeness (QED) is 0.505. The molecule has 0 aliphatic heterocycles. The van der Waals surface area contributed by atoms with Crippen LogP contribution in [0.1, 0.15) is 36.8 Å². The standard InChI is InChI=1S/C20H20ClN3O/c1-14-2-7-18(19(12-14)16-3-5-17(21)6-4-16)20(25)24-23-13-15-8-10-22-11-9-15/h2-6,8-11,13,18-19H,7,12H2,1H3,(H,24,25)/b23-13+. The van der Waals surface area contributed by atoms with Crippen LogP contribution in [0.3, 0.4) is 0 Å². The third-order valence-corrected chi connectivity index (χ3v) is 4.73. The lowest BCUT2D eigenvalue weighted by Gasteiger charge is -2.29. The van der Waals surface area contributed by atoms with E-state index >= 15 is 0 Å². The third-order valence-electron chi connectivity index (χ3n) is 4.48. The van der Waals surface area contributed by atoms with Crippen molar-refractivity contribution in [2.24, 2.45) is 11.0 Å². The number of benzene rings is 1. The highest BCUT2D eigenvalue weighted by Gasteiger charge is 2.31. The molecule has 0 fully saturated rings. The van der Waals surface area contributed by atoms with E-state index in [0.29, 0.717) is 5.02 Å². The van der Waals surface area contributed by atoms with Crippen LogP contribution in [-0.2, 0) is 4.79 Å². The van der Waals surface area contributed by atoms with Gasteiger partial charge in [0.2, 0.25) is 5.91 Å². The molecule has 3 rings (SSSR count). The molecule has 1 amide bonds. The van der Waals surface area contributed by atoms with Gasteiger partial charge >= 0.3 is 0 Å². The largest absolute Gasteiger partial charge is 0.273 e. The maximum atomic E-state index is 12.7. The molecule has 1 aliphatic rings. The summed E-state index contributed by atoms with van der Waals surface area (Å²) in [5, 5.41) is 4.79. The Kier molecular flexibility index (Phi) is 5.61. The normalized spacial score (nSPS) is 20.3. The van der Waals surface area contributed by atoms with Crippen LogP contribution in [0.5, 0.6) is 0 Å². The van der Waals surface area contributed by atoms with Crippen LogP contribution in [0.15, 0.2) is 65.5 Å². The van der Waals surface area contributed by atoms with Crippen LogP contribution >= 0.6 is 11.6 Å². The zero-order valence-corrected chi connectivity index (χ0v) is 14.8. The number of nitrogens with one attached hydrogen (secondary N) is 1. The molecule has 1 N–H and O–H groups in total. The molecule has 1 aromatic heterocycles. The van der Waals surface area contributed by atoms with Gasteiger partial charge in [-0.1, -0.05) is 35.4 Å². The molecule has 0 saturated carbocycles. The van der Waals surface area contributed by atoms with E-state index in [1.807, 2.05) is 36.4 Å². The molecule has 0 bridgehead atoms. The first-order valence-electron chi connectivity index (χ1n) is 8.27. The lowest BCUT2D eigenvalue weighted by molar-refractivity contribution is -0.125. The Balaban J connectivity index is 1.72. The fraction of sp³-hybridized carbons (Fsp3) is 0.250. The van der Waals surface area contributed by atoms with E-state index in [-0.39, 0.29) is 17.7 Å². The van der Waals surface area contributed by atoms with Crippen molar-refractivity contribution in [2.75, 3.05) is 0 Å². The van der Waals surface area contributed by atoms with E-state index in [4.69, 9.17) is 11.6 Å². The number of allylic oxidation sites excluding steroid dienone is 2. The van der Waals surface area contributed by atoms with Gasteiger partial charge in [-0.2, -0.15) is 5.10 Å². The first kappa shape index (κ1) is 17.4. The molecule has 128 valence electrons. The number of pyridine rings is 1. The molecule has 1 aliphatic carbocycles. The Hall–Kier alpha value is -2.46. The fourth-order valence-corrected chi connectivity index (χ4v) is 3.24. The molecule has 0 spiro atoms. The number of carbonyl (C=O) groups is 1. The van der Waals surface area contributed by atoms with Crippen LogP contribution in [0, 0.1) is 5.92 Å². The van der Waals surface area contributed by atoms with Gasteiger partial charge in [0.25, 0.3) is 0 Å². The molecule has 0 radical (unpaired) electrons. The van der Waals surface area contributed by atoms with Gasteiger partial charge in [-0.15, -0.1) is 0 Å². The van der Waals surface area contributed by atoms with Gasteiger partial charge in [0.05, 0.1) is 12.1 Å². The topological polar surface area (TPSA) is 54.4 Å². The van der Waals surface area contributed by atoms with Crippen LogP contribution in [0.4, 0.5) is 0 Å². The molecular formula is C20H20ClN3O. The third kappa shape index (κ3) is 4.54. The Morgan fingerprint density at radius 3 is 2.68 bits per heavy atom. The van der Waals surface area contributed by atoms with E-state index in [2.05, 4.69) is 28.5 Å². The summed E-state index contributed by atoms with van der Waals surface area (Å²) in [4.78, 5) is 16.6. The fourth-order valence-electron chi connectivity index (χ4n) is 3.12. The second-order valence-corrected chi connectivity index (χ2v) is 6.71. The number of hydrogen-bond acceptors (Lipinski definition) is 3. The molecule has 25 heavy (non-hydrogen) atoms. The highest BCUT2D eigenvalue weighted by Crippen LogP contribution is 2.38. The van der Waals surface area contributed by atoms with Gasteiger partial charge in [-0.05, 0) is 61.1 Å². The summed E-state index contributed by atoms with van der Waals surface area (Å²) >= 11 is 5.99. The van der Waals surface area contributed by atoms with Crippen molar-refractivity contribution in [3.8, 4) is 0 Å². The average molecular weight is 354 g/mol. The van der Waals surface area contributed by atoms with Gasteiger partial charge in [0, 0.05) is 17.4 Å². The van der Waals surface area contributed by atoms with Gasteiger partial charge < -0.3 is 0 Å². The lowest BCUT2D eigenvalue weighted by Crippen LogP contribution is -2.33. The molecule has 2 aromatic rings. The van der Waals surface area contributed by atoms with Gasteiger partial charge in [-0.25, -0.2) is 5.43 Å². The van der Waals surface area contributed by atoms with E-state index < -0.39 is 0 Å². The zero-order chi connectivity index (χ0) is 17.6. The van der Waals surface area contributed by atoms with Crippen molar-refractivity contribution in [3.05, 3.63) is 76.6 Å². The van der Waals surface area contributed by atoms with Crippen LogP contribution < -0.4 is 5.43 Å². The van der Waals surface area contributed by atoms with Gasteiger partial charge in [0.1, 0.15) is 0 Å². The van der Waals surface area contributed by atoms with E-state index in [1.54, 1.807) is 18.6 Å². The molecule has 2 atom stereocenters. The minimum Gasteiger partial charge on any atom is -0.273 e. The minimum atomic E-state index is -0.139. The minimum absolute atomic E-state index is 0.0611. The van der Waals surface area contributed by atoms with E-state index in [1.165, 1.54) is 5.57 Å². The average Bonchev–Trinajstić information content (AvgIpc) is 2.63. The van der Waals surface area contributed by atoms with Crippen molar-refractivity contribution in [1.82, 2.24) is 10.4 Å². The maximum absolute atomic E-state index is 12.7. The van der Waals surface area contributed by atoms with Crippen molar-refractivity contribution in [3.63, 3.8) is 0 Å². The Labute approximate surface area is 152 Å². The molecule has 1 aromatic carbocycles. The predicted octanol–water partition coefficient (Wildman–Crippen LogP) is 4.33. The SMILES string of the molecule is CC1=CCC(C(=O)N/N=C/c2ccncc2)C(c2ccc(Cl)cc2)C1. The Morgan fingerprint density at radius 2 is 1.96 bits per heavy atom. The van der Waals surface area contributed by atoms with Crippen molar-refractivity contribution in [1.29, 1.82) is 0 Å². The van der Waals surface area contributed by atoms with E-state index in [9.17, 15) is 4.79 Å². The summed E-state index contributed by atoms with van der Waals surface area (Å²) in [5.41, 5.74) is 6.02. The summed E-state index contributed by atoms with van der Waals surface area (Å²) in [6, 6.07) is 11.4. The van der Waals surface area contributed by atoms with E-state index in [0.717, 1.165) is 24.0 Å². The molecular weight excluding hydrogens is 334 g/mol. The summed E-state index contributed by atoms with van der Waals surface area (Å²) in [6.07, 6.45) is 8.73. The Morgan fingerprint density at radius 1 is 1.24 bits per heavy atom. The second kappa shape index (κ2) is 8.08. The highest BCUT2D eigenvalue weighted by molar-refractivity contribution is 6.30. The first-order chi connectivity index (χ1) is 12.1. The molecule has 0 saturated heterocycles. The number of halogens is 1. The number of hydrogen-bond donors (Lipinski definition) is 1. The van der Waals surface area contributed by atoms with Gasteiger partial charge in [0.15, 0.2) is 0 Å². The van der Waals surface area contributed by atoms with Crippen LogP contribution in [0.25, 0.3) is 0 Å². The second-order valence-electron chi connectivity index (χ2n) is 6.27. The summed E-state index contributed by atoms with van der Waals surface area (Å²) in [6.45, 7) is 2.11. The summed E-state index contributed by atoms with van der Waals surface area (Å²) in [5.74, 6) is -0.0631. The highest BCUT2D eigenvalue weighted by atomic mass is 35.5. The monoisotopic (exact) mass is 353 g/mol. The molecule has 1 heterocycles. The summed E-state index contributed by atoms with van der Waals surface area (Å²) < 4.78 is 0. The number of rotatable bonds is 4. The van der Waals surface area contributed by atoms with Crippen molar-refractivity contribution < 1.29 is 4.79 Å². The number of nitrogens with zero attached hydrogens (tertiary/aromatic N) is 2.